The number of aliphatic carboxylic acids is 1. The third kappa shape index (κ3) is 3.98. The summed E-state index contributed by atoms with van der Waals surface area (Å²) in [6.07, 6.45) is 1.95. The Morgan fingerprint density at radius 3 is 2.58 bits per heavy atom. The number of amides is 1. The summed E-state index contributed by atoms with van der Waals surface area (Å²) in [6.45, 7) is 0. The van der Waals surface area contributed by atoms with Crippen molar-refractivity contribution in [2.75, 3.05) is 0 Å². The summed E-state index contributed by atoms with van der Waals surface area (Å²) in [7, 11) is 0. The Kier molecular flexibility index (Phi) is 4.04. The van der Waals surface area contributed by atoms with Crippen LogP contribution in [-0.4, -0.2) is 28.1 Å². The minimum absolute atomic E-state index is 0.0445. The van der Waals surface area contributed by atoms with Crippen LogP contribution in [0.5, 0.6) is 5.75 Å². The number of phenols is 1. The normalized spacial score (nSPS) is 15.8. The molecule has 3 N–H and O–H groups in total. The lowest BCUT2D eigenvalue weighted by Gasteiger charge is -2.16. The zero-order valence-corrected chi connectivity index (χ0v) is 10.5. The largest absolute Gasteiger partial charge is 0.508 e. The third-order valence-corrected chi connectivity index (χ3v) is 3.27. The molecule has 0 aliphatic heterocycles. The van der Waals surface area contributed by atoms with E-state index in [2.05, 4.69) is 5.32 Å². The lowest BCUT2D eigenvalue weighted by atomic mass is 10.1. The predicted molar refractivity (Wildman–Crippen MR) is 68.7 cm³/mol. The molecule has 1 aromatic rings. The van der Waals surface area contributed by atoms with E-state index in [9.17, 15) is 14.7 Å². The van der Waals surface area contributed by atoms with E-state index in [0.29, 0.717) is 5.56 Å². The van der Waals surface area contributed by atoms with E-state index in [1.165, 1.54) is 6.07 Å². The molecule has 5 nitrogen and oxygen atoms in total. The molecule has 0 spiro atoms. The Bertz CT molecular complexity index is 482. The van der Waals surface area contributed by atoms with Crippen molar-refractivity contribution in [2.45, 2.75) is 31.7 Å². The van der Waals surface area contributed by atoms with E-state index >= 15 is 0 Å². The lowest BCUT2D eigenvalue weighted by Crippen LogP contribution is -2.38. The molecule has 1 aromatic carbocycles. The standard InChI is InChI=1S/C14H17NO4/c16-12-4-2-1-3-10(12)7-13(17)15-11(8-14(18)19)9-5-6-9/h1-4,9,11,16H,5-8H2,(H,15,17)(H,18,19). The van der Waals surface area contributed by atoms with Crippen molar-refractivity contribution in [1.29, 1.82) is 0 Å². The van der Waals surface area contributed by atoms with Crippen LogP contribution in [0, 0.1) is 5.92 Å². The van der Waals surface area contributed by atoms with Gasteiger partial charge in [-0.2, -0.15) is 0 Å². The van der Waals surface area contributed by atoms with Crippen molar-refractivity contribution >= 4 is 11.9 Å². The molecule has 0 aromatic heterocycles. The highest BCUT2D eigenvalue weighted by molar-refractivity contribution is 5.80. The molecule has 5 heteroatoms. The molecule has 102 valence electrons. The van der Waals surface area contributed by atoms with Crippen LogP contribution in [0.15, 0.2) is 24.3 Å². The molecule has 1 atom stereocenters. The van der Waals surface area contributed by atoms with Gasteiger partial charge in [-0.05, 0) is 24.8 Å². The van der Waals surface area contributed by atoms with Gasteiger partial charge in [0.1, 0.15) is 5.75 Å². The molecule has 0 saturated heterocycles. The molecule has 1 aliphatic rings. The van der Waals surface area contributed by atoms with E-state index in [-0.39, 0.29) is 36.5 Å². The van der Waals surface area contributed by atoms with Crippen molar-refractivity contribution in [2.24, 2.45) is 5.92 Å². The number of nitrogens with one attached hydrogen (secondary N) is 1. The number of carbonyl (C=O) groups is 2. The molecule has 1 amide bonds. The number of carbonyl (C=O) groups excluding carboxylic acids is 1. The van der Waals surface area contributed by atoms with Crippen molar-refractivity contribution < 1.29 is 19.8 Å². The SMILES string of the molecule is O=C(O)CC(NC(=O)Cc1ccccc1O)C1CC1. The average molecular weight is 263 g/mol. The molecular weight excluding hydrogens is 246 g/mol. The van der Waals surface area contributed by atoms with E-state index in [4.69, 9.17) is 5.11 Å². The van der Waals surface area contributed by atoms with Crippen molar-refractivity contribution in [3.63, 3.8) is 0 Å². The fourth-order valence-corrected chi connectivity index (χ4v) is 2.11. The van der Waals surface area contributed by atoms with Gasteiger partial charge < -0.3 is 15.5 Å². The maximum absolute atomic E-state index is 11.9. The first-order chi connectivity index (χ1) is 9.06. The topological polar surface area (TPSA) is 86.6 Å². The fourth-order valence-electron chi connectivity index (χ4n) is 2.11. The summed E-state index contributed by atoms with van der Waals surface area (Å²) in [4.78, 5) is 22.6. The summed E-state index contributed by atoms with van der Waals surface area (Å²) in [5, 5.41) is 21.2. The first-order valence-electron chi connectivity index (χ1n) is 6.34. The molecule has 1 unspecified atom stereocenters. The second kappa shape index (κ2) is 5.73. The number of aromatic hydroxyl groups is 1. The summed E-state index contributed by atoms with van der Waals surface area (Å²) in [5.41, 5.74) is 0.546. The van der Waals surface area contributed by atoms with Crippen LogP contribution in [0.4, 0.5) is 0 Å². The third-order valence-electron chi connectivity index (χ3n) is 3.27. The fraction of sp³-hybridized carbons (Fsp3) is 0.429. The summed E-state index contributed by atoms with van der Waals surface area (Å²) in [5.74, 6) is -0.789. The molecule has 1 saturated carbocycles. The zero-order chi connectivity index (χ0) is 13.8. The van der Waals surface area contributed by atoms with Gasteiger partial charge in [0, 0.05) is 11.6 Å². The first-order valence-corrected chi connectivity index (χ1v) is 6.34. The van der Waals surface area contributed by atoms with Crippen LogP contribution >= 0.6 is 0 Å². The smallest absolute Gasteiger partial charge is 0.305 e. The van der Waals surface area contributed by atoms with Gasteiger partial charge in [0.25, 0.3) is 0 Å². The first kappa shape index (κ1) is 13.4. The van der Waals surface area contributed by atoms with Crippen molar-refractivity contribution in [1.82, 2.24) is 5.32 Å². The summed E-state index contributed by atoms with van der Waals surface area (Å²) in [6, 6.07) is 6.35. The highest BCUT2D eigenvalue weighted by Crippen LogP contribution is 2.34. The summed E-state index contributed by atoms with van der Waals surface area (Å²) >= 11 is 0. The average Bonchev–Trinajstić information content (AvgIpc) is 3.14. The Hall–Kier alpha value is -2.04. The van der Waals surface area contributed by atoms with Crippen LogP contribution in [-0.2, 0) is 16.0 Å². The highest BCUT2D eigenvalue weighted by Gasteiger charge is 2.33. The van der Waals surface area contributed by atoms with Crippen LogP contribution in [0.3, 0.4) is 0 Å². The molecule has 19 heavy (non-hydrogen) atoms. The van der Waals surface area contributed by atoms with E-state index in [1.54, 1.807) is 18.2 Å². The molecule has 1 fully saturated rings. The van der Waals surface area contributed by atoms with Crippen LogP contribution < -0.4 is 5.32 Å². The van der Waals surface area contributed by atoms with Gasteiger partial charge >= 0.3 is 5.97 Å². The van der Waals surface area contributed by atoms with Gasteiger partial charge in [-0.3, -0.25) is 9.59 Å². The maximum Gasteiger partial charge on any atom is 0.305 e. The second-order valence-electron chi connectivity index (χ2n) is 4.91. The number of hydrogen-bond acceptors (Lipinski definition) is 3. The predicted octanol–water partition coefficient (Wildman–Crippen LogP) is 1.30. The van der Waals surface area contributed by atoms with Crippen LogP contribution in [0.2, 0.25) is 0 Å². The molecule has 0 radical (unpaired) electrons. The molecule has 0 bridgehead atoms. The molecular formula is C14H17NO4. The number of carboxylic acids is 1. The van der Waals surface area contributed by atoms with Gasteiger partial charge in [0.15, 0.2) is 0 Å². The molecule has 0 heterocycles. The maximum atomic E-state index is 11.9. The molecule has 2 rings (SSSR count). The minimum Gasteiger partial charge on any atom is -0.508 e. The molecule has 1 aliphatic carbocycles. The Balaban J connectivity index is 1.92. The number of rotatable bonds is 6. The highest BCUT2D eigenvalue weighted by atomic mass is 16.4. The monoisotopic (exact) mass is 263 g/mol. The zero-order valence-electron chi connectivity index (χ0n) is 10.5. The van der Waals surface area contributed by atoms with Gasteiger partial charge in [-0.1, -0.05) is 18.2 Å². The van der Waals surface area contributed by atoms with Crippen molar-refractivity contribution in [3.8, 4) is 5.75 Å². The number of para-hydroxylation sites is 1. The van der Waals surface area contributed by atoms with Gasteiger partial charge in [0.05, 0.1) is 12.8 Å². The quantitative estimate of drug-likeness (QED) is 0.722. The summed E-state index contributed by atoms with van der Waals surface area (Å²) < 4.78 is 0. The van der Waals surface area contributed by atoms with Crippen LogP contribution in [0.25, 0.3) is 0 Å². The number of hydrogen-bond donors (Lipinski definition) is 3. The Morgan fingerprint density at radius 1 is 1.32 bits per heavy atom. The second-order valence-corrected chi connectivity index (χ2v) is 4.91. The van der Waals surface area contributed by atoms with Crippen molar-refractivity contribution in [3.05, 3.63) is 29.8 Å². The van der Waals surface area contributed by atoms with Gasteiger partial charge in [-0.25, -0.2) is 0 Å². The number of carboxylic acid groups (broad SMARTS) is 1. The van der Waals surface area contributed by atoms with Crippen LogP contribution in [0.1, 0.15) is 24.8 Å². The Morgan fingerprint density at radius 2 is 2.00 bits per heavy atom. The minimum atomic E-state index is -0.903. The van der Waals surface area contributed by atoms with E-state index in [1.807, 2.05) is 0 Å². The van der Waals surface area contributed by atoms with E-state index in [0.717, 1.165) is 12.8 Å². The number of benzene rings is 1. The lowest BCUT2D eigenvalue weighted by molar-refractivity contribution is -0.137. The number of phenolic OH excluding ortho intramolecular Hbond substituents is 1. The Labute approximate surface area is 111 Å². The van der Waals surface area contributed by atoms with E-state index < -0.39 is 5.97 Å². The van der Waals surface area contributed by atoms with Gasteiger partial charge in [0.2, 0.25) is 5.91 Å². The van der Waals surface area contributed by atoms with Gasteiger partial charge in [-0.15, -0.1) is 0 Å².